The molecule has 0 unspecified atom stereocenters. The zero-order chi connectivity index (χ0) is 29.6. The van der Waals surface area contributed by atoms with Gasteiger partial charge in [0.1, 0.15) is 11.4 Å². The van der Waals surface area contributed by atoms with Gasteiger partial charge in [0.05, 0.1) is 29.4 Å². The number of rotatable bonds is 11. The third-order valence-electron chi connectivity index (χ3n) is 5.69. The molecule has 0 aliphatic heterocycles. The van der Waals surface area contributed by atoms with Crippen LogP contribution in [0.2, 0.25) is 0 Å². The number of pyridine rings is 1. The first-order valence-corrected chi connectivity index (χ1v) is 13.8. The van der Waals surface area contributed by atoms with Gasteiger partial charge in [-0.05, 0) is 52.2 Å². The van der Waals surface area contributed by atoms with Gasteiger partial charge < -0.3 is 21.1 Å². The Morgan fingerprint density at radius 1 is 1.12 bits per heavy atom. The van der Waals surface area contributed by atoms with Crippen LogP contribution in [0.3, 0.4) is 0 Å². The van der Waals surface area contributed by atoms with E-state index in [1.807, 2.05) is 0 Å². The lowest BCUT2D eigenvalue weighted by Crippen LogP contribution is -2.21. The summed E-state index contributed by atoms with van der Waals surface area (Å²) in [5.41, 5.74) is 0.877. The minimum absolute atomic E-state index is 0.000658. The number of halogens is 4. The van der Waals surface area contributed by atoms with Crippen molar-refractivity contribution in [2.75, 3.05) is 24.3 Å². The molecule has 4 N–H and O–H groups in total. The highest BCUT2D eigenvalue weighted by Crippen LogP contribution is 2.36. The highest BCUT2D eigenvalue weighted by Gasteiger charge is 2.36. The molecule has 3 aromatic heterocycles. The molecule has 0 radical (unpaired) electrons. The summed E-state index contributed by atoms with van der Waals surface area (Å²) in [6, 6.07) is 8.04. The standard InChI is InChI=1S/C25H23BrF3N8O3P/c1-30-23(39)21-20(6-5-18(33-21)15-10-32-37(12-15)7-2-8-38)34-22-16(25(27,28)29)11-31-24(36-22)35-19-4-3-14(13-41-40)9-17(19)26/h3-6,9-12,38H,2,7-8,13H2,1H3,(H,30,39)(H2,31,34,35,36). The van der Waals surface area contributed by atoms with Crippen LogP contribution in [0.25, 0.3) is 11.3 Å². The lowest BCUT2D eigenvalue weighted by Gasteiger charge is -2.17. The fourth-order valence-corrected chi connectivity index (χ4v) is 4.56. The molecular formula is C25H23BrF3N8O3P. The van der Waals surface area contributed by atoms with Gasteiger partial charge in [-0.1, -0.05) is 6.07 Å². The summed E-state index contributed by atoms with van der Waals surface area (Å²) < 4.78 is 54.8. The van der Waals surface area contributed by atoms with Crippen molar-refractivity contribution in [2.45, 2.75) is 25.3 Å². The summed E-state index contributed by atoms with van der Waals surface area (Å²) in [6.45, 7) is 0.476. The molecule has 0 spiro atoms. The maximum Gasteiger partial charge on any atom is 0.421 e. The number of amides is 1. The number of anilines is 4. The third kappa shape index (κ3) is 7.43. The van der Waals surface area contributed by atoms with Crippen LogP contribution < -0.4 is 16.0 Å². The average Bonchev–Trinajstić information content (AvgIpc) is 3.42. The van der Waals surface area contributed by atoms with Crippen LogP contribution in [-0.2, 0) is 23.4 Å². The predicted octanol–water partition coefficient (Wildman–Crippen LogP) is 5.54. The molecule has 0 aliphatic carbocycles. The van der Waals surface area contributed by atoms with Crippen molar-refractivity contribution in [3.63, 3.8) is 0 Å². The van der Waals surface area contributed by atoms with E-state index in [2.05, 4.69) is 51.9 Å². The number of aromatic nitrogens is 5. The van der Waals surface area contributed by atoms with Crippen LogP contribution in [0.5, 0.6) is 0 Å². The van der Waals surface area contributed by atoms with Gasteiger partial charge >= 0.3 is 6.18 Å². The smallest absolute Gasteiger partial charge is 0.396 e. The molecule has 11 nitrogen and oxygen atoms in total. The van der Waals surface area contributed by atoms with E-state index in [1.165, 1.54) is 25.4 Å². The van der Waals surface area contributed by atoms with Crippen molar-refractivity contribution < 1.29 is 27.6 Å². The Morgan fingerprint density at radius 3 is 2.59 bits per heavy atom. The van der Waals surface area contributed by atoms with E-state index in [9.17, 15) is 22.5 Å². The van der Waals surface area contributed by atoms with Crippen LogP contribution in [0.1, 0.15) is 28.0 Å². The third-order valence-corrected chi connectivity index (χ3v) is 6.84. The summed E-state index contributed by atoms with van der Waals surface area (Å²) in [5.74, 6) is -1.37. The summed E-state index contributed by atoms with van der Waals surface area (Å²) in [7, 11) is 1.33. The highest BCUT2D eigenvalue weighted by atomic mass is 79.9. The maximum absolute atomic E-state index is 13.9. The Morgan fingerprint density at radius 2 is 1.90 bits per heavy atom. The summed E-state index contributed by atoms with van der Waals surface area (Å²) in [6.07, 6.45) is -0.135. The number of benzene rings is 1. The minimum Gasteiger partial charge on any atom is -0.396 e. The van der Waals surface area contributed by atoms with Crippen molar-refractivity contribution in [1.29, 1.82) is 0 Å². The molecule has 0 saturated carbocycles. The van der Waals surface area contributed by atoms with Gasteiger partial charge in [-0.15, -0.1) is 0 Å². The van der Waals surface area contributed by atoms with Gasteiger partial charge in [-0.2, -0.15) is 23.3 Å². The molecule has 0 fully saturated rings. The lowest BCUT2D eigenvalue weighted by molar-refractivity contribution is -0.137. The fourth-order valence-electron chi connectivity index (χ4n) is 3.69. The SMILES string of the molecule is CNC(=O)c1nc(-c2cnn(CCCO)c2)ccc1Nc1nc(Nc2ccc(CP=O)cc2Br)ncc1C(F)(F)F. The zero-order valence-corrected chi connectivity index (χ0v) is 23.9. The van der Waals surface area contributed by atoms with E-state index >= 15 is 0 Å². The number of nitrogens with zero attached hydrogens (tertiary/aromatic N) is 5. The van der Waals surface area contributed by atoms with Crippen LogP contribution >= 0.6 is 24.4 Å². The van der Waals surface area contributed by atoms with E-state index in [0.29, 0.717) is 46.7 Å². The first kappa shape index (κ1) is 30.0. The number of carbonyl (C=O) groups excluding carboxylic acids is 1. The van der Waals surface area contributed by atoms with Gasteiger partial charge in [0, 0.05) is 42.6 Å². The van der Waals surface area contributed by atoms with E-state index in [1.54, 1.807) is 29.1 Å². The largest absolute Gasteiger partial charge is 0.421 e. The number of aliphatic hydroxyl groups excluding tert-OH is 1. The molecule has 1 aromatic carbocycles. The Labute approximate surface area is 242 Å². The Bertz CT molecular complexity index is 1570. The Kier molecular flexibility index (Phi) is 9.63. The summed E-state index contributed by atoms with van der Waals surface area (Å²) in [4.78, 5) is 24.9. The molecule has 0 bridgehead atoms. The molecule has 3 heterocycles. The van der Waals surface area contributed by atoms with Crippen molar-refractivity contribution in [3.8, 4) is 11.3 Å². The number of carbonyl (C=O) groups is 1. The fraction of sp³-hybridized carbons (Fsp3) is 0.240. The number of hydrogen-bond donors (Lipinski definition) is 4. The molecule has 0 saturated heterocycles. The topological polar surface area (TPSA) is 147 Å². The van der Waals surface area contributed by atoms with Crippen LogP contribution in [0, 0.1) is 0 Å². The molecular weight excluding hydrogens is 628 g/mol. The second kappa shape index (κ2) is 13.1. The zero-order valence-electron chi connectivity index (χ0n) is 21.4. The molecule has 0 aliphatic rings. The van der Waals surface area contributed by atoms with E-state index in [0.717, 1.165) is 5.56 Å². The Hall–Kier alpha value is -3.94. The van der Waals surface area contributed by atoms with E-state index in [4.69, 9.17) is 5.11 Å². The van der Waals surface area contributed by atoms with Gasteiger partial charge in [0.2, 0.25) is 5.95 Å². The molecule has 41 heavy (non-hydrogen) atoms. The predicted molar refractivity (Wildman–Crippen MR) is 150 cm³/mol. The molecule has 1 amide bonds. The van der Waals surface area contributed by atoms with Gasteiger partial charge in [-0.3, -0.25) is 14.0 Å². The van der Waals surface area contributed by atoms with Crippen LogP contribution in [0.4, 0.5) is 36.3 Å². The second-order valence-electron chi connectivity index (χ2n) is 8.55. The molecule has 4 aromatic rings. The number of hydrogen-bond acceptors (Lipinski definition) is 9. The Balaban J connectivity index is 1.69. The minimum atomic E-state index is -4.80. The van der Waals surface area contributed by atoms with Gasteiger partial charge in [-0.25, -0.2) is 9.97 Å². The van der Waals surface area contributed by atoms with Gasteiger partial charge in [0.25, 0.3) is 5.91 Å². The highest BCUT2D eigenvalue weighted by molar-refractivity contribution is 9.10. The molecule has 214 valence electrons. The van der Waals surface area contributed by atoms with Crippen molar-refractivity contribution in [1.82, 2.24) is 30.0 Å². The van der Waals surface area contributed by atoms with Crippen molar-refractivity contribution in [3.05, 3.63) is 70.2 Å². The first-order valence-electron chi connectivity index (χ1n) is 12.1. The number of alkyl halides is 3. The average molecular weight is 651 g/mol. The van der Waals surface area contributed by atoms with Crippen molar-refractivity contribution >= 4 is 53.4 Å². The first-order chi connectivity index (χ1) is 19.6. The number of nitrogens with one attached hydrogen (secondary N) is 3. The van der Waals surface area contributed by atoms with Gasteiger partial charge in [0.15, 0.2) is 14.2 Å². The summed E-state index contributed by atoms with van der Waals surface area (Å²) in [5, 5.41) is 21.2. The quantitative estimate of drug-likeness (QED) is 0.154. The maximum atomic E-state index is 13.9. The molecule has 4 rings (SSSR count). The van der Waals surface area contributed by atoms with E-state index < -0.39 is 23.5 Å². The second-order valence-corrected chi connectivity index (χ2v) is 9.97. The van der Waals surface area contributed by atoms with E-state index in [-0.39, 0.29) is 32.4 Å². The molecule has 0 atom stereocenters. The normalized spacial score (nSPS) is 11.5. The van der Waals surface area contributed by atoms with Crippen LogP contribution in [0.15, 0.2) is 53.4 Å². The molecule has 16 heteroatoms. The lowest BCUT2D eigenvalue weighted by atomic mass is 10.1. The monoisotopic (exact) mass is 650 g/mol. The van der Waals surface area contributed by atoms with Crippen LogP contribution in [-0.4, -0.2) is 49.4 Å². The van der Waals surface area contributed by atoms with Crippen molar-refractivity contribution in [2.24, 2.45) is 0 Å². The summed E-state index contributed by atoms with van der Waals surface area (Å²) >= 11 is 3.38. The number of aliphatic hydroxyl groups is 1. The number of aryl methyl sites for hydroxylation is 1.